The minimum atomic E-state index is -0.509. The number of benzene rings is 8. The van der Waals surface area contributed by atoms with Crippen molar-refractivity contribution in [2.45, 2.75) is 5.41 Å². The van der Waals surface area contributed by atoms with Crippen LogP contribution < -0.4 is 4.90 Å². The first-order valence-electron chi connectivity index (χ1n) is 18.3. The molecule has 2 heterocycles. The van der Waals surface area contributed by atoms with Crippen LogP contribution in [0.25, 0.3) is 53.9 Å². The molecule has 0 radical (unpaired) electrons. The Morgan fingerprint density at radius 1 is 0.463 bits per heavy atom. The van der Waals surface area contributed by atoms with Crippen LogP contribution in [-0.4, -0.2) is 4.98 Å². The molecule has 0 bridgehead atoms. The fraction of sp³-hybridized carbons (Fsp3) is 0.0200. The Balaban J connectivity index is 1.16. The van der Waals surface area contributed by atoms with E-state index in [1.807, 2.05) is 41.7 Å². The maximum Gasteiger partial charge on any atom is 0.227 e. The van der Waals surface area contributed by atoms with E-state index in [1.54, 1.807) is 0 Å². The molecule has 0 atom stereocenters. The van der Waals surface area contributed by atoms with Gasteiger partial charge in [-0.3, -0.25) is 0 Å². The average molecular weight is 709 g/mol. The number of hydrogen-bond donors (Lipinski definition) is 0. The first kappa shape index (κ1) is 30.8. The highest BCUT2D eigenvalue weighted by Gasteiger charge is 2.46. The van der Waals surface area contributed by atoms with E-state index in [1.165, 1.54) is 53.6 Å². The van der Waals surface area contributed by atoms with E-state index in [2.05, 4.69) is 169 Å². The second-order valence-corrected chi connectivity index (χ2v) is 15.0. The van der Waals surface area contributed by atoms with Crippen LogP contribution in [0.1, 0.15) is 22.3 Å². The summed E-state index contributed by atoms with van der Waals surface area (Å²) in [7, 11) is 0. The summed E-state index contributed by atoms with van der Waals surface area (Å²) in [5.74, 6) is 0.617. The number of nitrogens with zero attached hydrogens (tertiary/aromatic N) is 2. The van der Waals surface area contributed by atoms with Crippen LogP contribution >= 0.6 is 11.3 Å². The van der Waals surface area contributed by atoms with Gasteiger partial charge in [-0.25, -0.2) is 4.98 Å². The third-order valence-electron chi connectivity index (χ3n) is 11.0. The molecular weight excluding hydrogens is 677 g/mol. The van der Waals surface area contributed by atoms with E-state index >= 15 is 0 Å². The second kappa shape index (κ2) is 12.2. The Morgan fingerprint density at radius 3 is 1.85 bits per heavy atom. The molecule has 254 valence electrons. The van der Waals surface area contributed by atoms with Crippen LogP contribution in [0.3, 0.4) is 0 Å². The molecule has 0 saturated heterocycles. The van der Waals surface area contributed by atoms with E-state index < -0.39 is 5.41 Å². The summed E-state index contributed by atoms with van der Waals surface area (Å²) in [5, 5.41) is 2.56. The van der Waals surface area contributed by atoms with Crippen LogP contribution in [-0.2, 0) is 5.41 Å². The Labute approximate surface area is 317 Å². The van der Waals surface area contributed by atoms with E-state index in [4.69, 9.17) is 9.40 Å². The van der Waals surface area contributed by atoms with Gasteiger partial charge in [0.2, 0.25) is 5.89 Å². The van der Waals surface area contributed by atoms with Gasteiger partial charge in [0.15, 0.2) is 5.58 Å². The number of fused-ring (bicyclic) bond motifs is 7. The van der Waals surface area contributed by atoms with Crippen molar-refractivity contribution in [1.82, 2.24) is 4.98 Å². The maximum absolute atomic E-state index is 6.46. The summed E-state index contributed by atoms with van der Waals surface area (Å²) >= 11 is 1.84. The van der Waals surface area contributed by atoms with Crippen LogP contribution in [0.2, 0.25) is 0 Å². The van der Waals surface area contributed by atoms with Crippen molar-refractivity contribution in [3.63, 3.8) is 0 Å². The fourth-order valence-electron chi connectivity index (χ4n) is 8.63. The highest BCUT2D eigenvalue weighted by atomic mass is 32.1. The number of hydrogen-bond acceptors (Lipinski definition) is 4. The molecule has 0 unspecified atom stereocenters. The minimum absolute atomic E-state index is 0.509. The molecule has 1 aliphatic rings. The van der Waals surface area contributed by atoms with E-state index in [9.17, 15) is 0 Å². The molecule has 3 nitrogen and oxygen atoms in total. The van der Waals surface area contributed by atoms with E-state index in [-0.39, 0.29) is 0 Å². The van der Waals surface area contributed by atoms with E-state index in [0.29, 0.717) is 5.89 Å². The summed E-state index contributed by atoms with van der Waals surface area (Å²) in [6.07, 6.45) is 0. The minimum Gasteiger partial charge on any atom is -0.436 e. The second-order valence-electron chi connectivity index (χ2n) is 13.9. The molecule has 2 aromatic heterocycles. The number of rotatable bonds is 6. The van der Waals surface area contributed by atoms with Gasteiger partial charge >= 0.3 is 0 Å². The zero-order chi connectivity index (χ0) is 35.6. The molecule has 0 spiro atoms. The molecule has 0 saturated carbocycles. The standard InChI is InChI=1S/C50H32N2OS/c1-4-14-33(15-5-1)49-51-45-29-26-37(31-46(45)53-49)52(38-25-28-42-41-21-11-13-23-47(41)54-48(42)32-38)36-24-27-40-39-20-10-12-22-43(39)50(44(40)30-36,34-16-6-2-7-17-34)35-18-8-3-9-19-35/h1-32H. The fourth-order valence-corrected chi connectivity index (χ4v) is 9.77. The van der Waals surface area contributed by atoms with Gasteiger partial charge in [0.25, 0.3) is 0 Å². The summed E-state index contributed by atoms with van der Waals surface area (Å²) in [6.45, 7) is 0. The van der Waals surface area contributed by atoms with Crippen molar-refractivity contribution >= 4 is 59.7 Å². The molecular formula is C50H32N2OS. The first-order valence-corrected chi connectivity index (χ1v) is 19.1. The largest absolute Gasteiger partial charge is 0.436 e. The molecule has 0 aliphatic heterocycles. The summed E-state index contributed by atoms with van der Waals surface area (Å²) < 4.78 is 9.00. The lowest BCUT2D eigenvalue weighted by Crippen LogP contribution is -2.28. The predicted octanol–water partition coefficient (Wildman–Crippen LogP) is 13.7. The van der Waals surface area contributed by atoms with Crippen molar-refractivity contribution in [3.8, 4) is 22.6 Å². The monoisotopic (exact) mass is 708 g/mol. The quantitative estimate of drug-likeness (QED) is 0.172. The van der Waals surface area contributed by atoms with Crippen LogP contribution in [0.5, 0.6) is 0 Å². The highest BCUT2D eigenvalue weighted by Crippen LogP contribution is 2.57. The van der Waals surface area contributed by atoms with Crippen LogP contribution in [0.15, 0.2) is 199 Å². The van der Waals surface area contributed by atoms with Gasteiger partial charge in [-0.2, -0.15) is 0 Å². The summed E-state index contributed by atoms with van der Waals surface area (Å²) in [6, 6.07) is 69.9. The van der Waals surface area contributed by atoms with Crippen LogP contribution in [0.4, 0.5) is 17.1 Å². The third kappa shape index (κ3) is 4.64. The lowest BCUT2D eigenvalue weighted by Gasteiger charge is -2.35. The molecule has 54 heavy (non-hydrogen) atoms. The molecule has 0 N–H and O–H groups in total. The lowest BCUT2D eigenvalue weighted by atomic mass is 9.67. The molecule has 1 aliphatic carbocycles. The van der Waals surface area contributed by atoms with Gasteiger partial charge < -0.3 is 9.32 Å². The maximum atomic E-state index is 6.46. The Bertz CT molecular complexity index is 2960. The number of thiophene rings is 1. The third-order valence-corrected chi connectivity index (χ3v) is 12.1. The summed E-state index contributed by atoms with van der Waals surface area (Å²) in [4.78, 5) is 7.24. The average Bonchev–Trinajstić information content (AvgIpc) is 3.92. The van der Waals surface area contributed by atoms with Crippen molar-refractivity contribution in [2.24, 2.45) is 0 Å². The van der Waals surface area contributed by atoms with Crippen LogP contribution in [0, 0.1) is 0 Å². The van der Waals surface area contributed by atoms with Gasteiger partial charge in [0, 0.05) is 48.9 Å². The molecule has 10 aromatic rings. The highest BCUT2D eigenvalue weighted by molar-refractivity contribution is 7.25. The van der Waals surface area contributed by atoms with Crippen molar-refractivity contribution in [3.05, 3.63) is 216 Å². The normalized spacial score (nSPS) is 13.0. The van der Waals surface area contributed by atoms with Gasteiger partial charge in [-0.1, -0.05) is 133 Å². The topological polar surface area (TPSA) is 29.3 Å². The lowest BCUT2D eigenvalue weighted by molar-refractivity contribution is 0.620. The Hall–Kier alpha value is -6.75. The summed E-state index contributed by atoms with van der Waals surface area (Å²) in [5.41, 5.74) is 12.7. The zero-order valence-corrected chi connectivity index (χ0v) is 30.0. The smallest absolute Gasteiger partial charge is 0.227 e. The van der Waals surface area contributed by atoms with Crippen molar-refractivity contribution in [1.29, 1.82) is 0 Å². The van der Waals surface area contributed by atoms with Gasteiger partial charge in [0.05, 0.1) is 5.41 Å². The van der Waals surface area contributed by atoms with Gasteiger partial charge in [-0.15, -0.1) is 11.3 Å². The first-order chi connectivity index (χ1) is 26.8. The van der Waals surface area contributed by atoms with Crippen molar-refractivity contribution < 1.29 is 4.42 Å². The molecule has 8 aromatic carbocycles. The van der Waals surface area contributed by atoms with E-state index in [0.717, 1.165) is 33.7 Å². The predicted molar refractivity (Wildman–Crippen MR) is 224 cm³/mol. The number of aromatic nitrogens is 1. The Morgan fingerprint density at radius 2 is 1.06 bits per heavy atom. The molecule has 0 amide bonds. The molecule has 11 rings (SSSR count). The molecule has 0 fully saturated rings. The van der Waals surface area contributed by atoms with Gasteiger partial charge in [0.1, 0.15) is 5.52 Å². The SMILES string of the molecule is c1ccc(-c2nc3ccc(N(c4ccc5c(c4)C(c4ccccc4)(c4ccccc4)c4ccccc4-5)c4ccc5c(c4)sc4ccccc45)cc3o2)cc1. The zero-order valence-electron chi connectivity index (χ0n) is 29.2. The Kier molecular flexibility index (Phi) is 6.94. The number of anilines is 3. The van der Waals surface area contributed by atoms with Crippen molar-refractivity contribution in [2.75, 3.05) is 4.90 Å². The number of oxazole rings is 1. The molecule has 4 heteroatoms. The van der Waals surface area contributed by atoms with Gasteiger partial charge in [-0.05, 0) is 88.0 Å².